The summed E-state index contributed by atoms with van der Waals surface area (Å²) in [5.41, 5.74) is 4.95. The fourth-order valence-electron chi connectivity index (χ4n) is 1.31. The molecule has 1 aromatic carbocycles. The van der Waals surface area contributed by atoms with Gasteiger partial charge in [-0.2, -0.15) is 13.2 Å². The van der Waals surface area contributed by atoms with Gasteiger partial charge in [-0.1, -0.05) is 19.1 Å². The Hall–Kier alpha value is -1.36. The maximum atomic E-state index is 12.4. The lowest BCUT2D eigenvalue weighted by Crippen LogP contribution is -2.21. The molecule has 1 atom stereocenters. The van der Waals surface area contributed by atoms with Gasteiger partial charge in [-0.15, -0.1) is 0 Å². The predicted molar refractivity (Wildman–Crippen MR) is 53.7 cm³/mol. The summed E-state index contributed by atoms with van der Waals surface area (Å²) in [6.07, 6.45) is -4.21. The van der Waals surface area contributed by atoms with Crippen LogP contribution in [0.3, 0.4) is 0 Å². The summed E-state index contributed by atoms with van der Waals surface area (Å²) in [7, 11) is 0. The van der Waals surface area contributed by atoms with Crippen molar-refractivity contribution < 1.29 is 18.0 Å². The first kappa shape index (κ1) is 12.7. The van der Waals surface area contributed by atoms with Crippen molar-refractivity contribution in [3.63, 3.8) is 0 Å². The topological polar surface area (TPSA) is 43.1 Å². The second kappa shape index (κ2) is 4.65. The Morgan fingerprint density at radius 1 is 1.44 bits per heavy atom. The third-order valence-electron chi connectivity index (χ3n) is 2.27. The summed E-state index contributed by atoms with van der Waals surface area (Å²) in [6.45, 7) is 1.62. The highest BCUT2D eigenvalue weighted by atomic mass is 19.4. The molecule has 0 saturated heterocycles. The highest BCUT2D eigenvalue weighted by molar-refractivity contribution is 5.84. The Morgan fingerprint density at radius 2 is 2.06 bits per heavy atom. The Labute approximate surface area is 91.3 Å². The Kier molecular flexibility index (Phi) is 3.70. The van der Waals surface area contributed by atoms with E-state index in [0.717, 1.165) is 12.1 Å². The third-order valence-corrected chi connectivity index (χ3v) is 2.27. The van der Waals surface area contributed by atoms with Gasteiger partial charge in [-0.25, -0.2) is 0 Å². The number of hydrogen-bond donors (Lipinski definition) is 1. The number of nitrogens with two attached hydrogens (primary N) is 1. The number of carbonyl (C=O) groups is 1. The Morgan fingerprint density at radius 3 is 2.56 bits per heavy atom. The number of alkyl halides is 3. The zero-order chi connectivity index (χ0) is 12.3. The molecule has 0 bridgehead atoms. The fourth-order valence-corrected chi connectivity index (χ4v) is 1.31. The number of benzene rings is 1. The molecule has 0 amide bonds. The highest BCUT2D eigenvalue weighted by Crippen LogP contribution is 2.30. The van der Waals surface area contributed by atoms with Gasteiger partial charge in [0.15, 0.2) is 5.78 Å². The van der Waals surface area contributed by atoms with Gasteiger partial charge in [0.05, 0.1) is 11.6 Å². The second-order valence-corrected chi connectivity index (χ2v) is 3.42. The van der Waals surface area contributed by atoms with Crippen LogP contribution in [0.25, 0.3) is 0 Å². The van der Waals surface area contributed by atoms with Gasteiger partial charge >= 0.3 is 6.18 Å². The molecule has 0 aromatic heterocycles. The number of ketones is 1. The minimum Gasteiger partial charge on any atom is -0.318 e. The molecule has 0 spiro atoms. The second-order valence-electron chi connectivity index (χ2n) is 3.42. The molecule has 2 nitrogen and oxygen atoms in total. The van der Waals surface area contributed by atoms with Crippen molar-refractivity contribution in [3.05, 3.63) is 35.4 Å². The molecular formula is C11H12F3NO. The molecule has 2 N–H and O–H groups in total. The van der Waals surface area contributed by atoms with Crippen molar-refractivity contribution in [1.82, 2.24) is 0 Å². The van der Waals surface area contributed by atoms with E-state index in [4.69, 9.17) is 5.73 Å². The summed E-state index contributed by atoms with van der Waals surface area (Å²) in [5, 5.41) is 0. The molecule has 0 aliphatic carbocycles. The maximum Gasteiger partial charge on any atom is 0.416 e. The molecule has 1 rings (SSSR count). The van der Waals surface area contributed by atoms with Gasteiger partial charge in [0, 0.05) is 6.42 Å². The van der Waals surface area contributed by atoms with Gasteiger partial charge < -0.3 is 5.73 Å². The normalized spacial score (nSPS) is 13.6. The minimum absolute atomic E-state index is 0.196. The number of carbonyl (C=O) groups excluding carboxylic acids is 1. The van der Waals surface area contributed by atoms with E-state index >= 15 is 0 Å². The first-order chi connectivity index (χ1) is 7.36. The molecule has 5 heteroatoms. The van der Waals surface area contributed by atoms with E-state index in [-0.39, 0.29) is 17.8 Å². The maximum absolute atomic E-state index is 12.4. The monoisotopic (exact) mass is 231 g/mol. The van der Waals surface area contributed by atoms with Gasteiger partial charge in [0.1, 0.15) is 0 Å². The molecule has 1 aromatic rings. The van der Waals surface area contributed by atoms with Crippen LogP contribution in [0.2, 0.25) is 0 Å². The first-order valence-electron chi connectivity index (χ1n) is 4.81. The van der Waals surface area contributed by atoms with Crippen LogP contribution < -0.4 is 5.73 Å². The quantitative estimate of drug-likeness (QED) is 0.869. The molecular weight excluding hydrogens is 219 g/mol. The van der Waals surface area contributed by atoms with Crippen LogP contribution in [0.5, 0.6) is 0 Å². The van der Waals surface area contributed by atoms with Crippen molar-refractivity contribution in [1.29, 1.82) is 0 Å². The van der Waals surface area contributed by atoms with Crippen molar-refractivity contribution in [2.75, 3.05) is 0 Å². The van der Waals surface area contributed by atoms with E-state index in [2.05, 4.69) is 0 Å². The zero-order valence-electron chi connectivity index (χ0n) is 8.71. The van der Waals surface area contributed by atoms with Crippen LogP contribution >= 0.6 is 0 Å². The number of hydrogen-bond acceptors (Lipinski definition) is 2. The van der Waals surface area contributed by atoms with Gasteiger partial charge in [-0.3, -0.25) is 4.79 Å². The smallest absolute Gasteiger partial charge is 0.318 e. The first-order valence-corrected chi connectivity index (χ1v) is 4.81. The van der Waals surface area contributed by atoms with E-state index in [9.17, 15) is 18.0 Å². The number of halogens is 3. The molecule has 0 aliphatic heterocycles. The van der Waals surface area contributed by atoms with Crippen LogP contribution in [-0.2, 0) is 11.0 Å². The number of Topliss-reactive ketones (excluding diaryl/α,β-unsaturated/α-hetero) is 1. The van der Waals surface area contributed by atoms with Crippen LogP contribution in [0.4, 0.5) is 13.2 Å². The molecule has 0 heterocycles. The average molecular weight is 231 g/mol. The van der Waals surface area contributed by atoms with Crippen LogP contribution in [0, 0.1) is 0 Å². The van der Waals surface area contributed by atoms with Crippen molar-refractivity contribution in [3.8, 4) is 0 Å². The van der Waals surface area contributed by atoms with Crippen LogP contribution in [-0.4, -0.2) is 5.78 Å². The summed E-state index contributed by atoms with van der Waals surface area (Å²) in [6, 6.07) is 3.56. The lowest BCUT2D eigenvalue weighted by molar-refractivity contribution is -0.137. The Balaban J connectivity index is 3.04. The summed E-state index contributed by atoms with van der Waals surface area (Å²) < 4.78 is 37.2. The van der Waals surface area contributed by atoms with Gasteiger partial charge in [-0.05, 0) is 17.7 Å². The van der Waals surface area contributed by atoms with E-state index in [1.807, 2.05) is 0 Å². The predicted octanol–water partition coefficient (Wildman–Crippen LogP) is 2.68. The van der Waals surface area contributed by atoms with Crippen molar-refractivity contribution in [2.24, 2.45) is 5.73 Å². The van der Waals surface area contributed by atoms with Gasteiger partial charge in [0.25, 0.3) is 0 Å². The standard InChI is InChI=1S/C11H12F3NO/c1-2-9(16)10(15)7-4-3-5-8(6-7)11(12,13)14/h3-6,10H,2,15H2,1H3. The molecule has 88 valence electrons. The molecule has 0 aliphatic rings. The lowest BCUT2D eigenvalue weighted by atomic mass is 10.00. The molecule has 16 heavy (non-hydrogen) atoms. The molecule has 0 fully saturated rings. The average Bonchev–Trinajstić information content (AvgIpc) is 2.26. The van der Waals surface area contributed by atoms with E-state index < -0.39 is 17.8 Å². The van der Waals surface area contributed by atoms with Gasteiger partial charge in [0.2, 0.25) is 0 Å². The zero-order valence-corrected chi connectivity index (χ0v) is 8.71. The molecule has 1 unspecified atom stereocenters. The highest BCUT2D eigenvalue weighted by Gasteiger charge is 2.31. The number of rotatable bonds is 3. The van der Waals surface area contributed by atoms with Crippen LogP contribution in [0.15, 0.2) is 24.3 Å². The van der Waals surface area contributed by atoms with Crippen molar-refractivity contribution >= 4 is 5.78 Å². The summed E-state index contributed by atoms with van der Waals surface area (Å²) in [5.74, 6) is -0.278. The van der Waals surface area contributed by atoms with E-state index in [0.29, 0.717) is 0 Å². The lowest BCUT2D eigenvalue weighted by Gasteiger charge is -2.12. The summed E-state index contributed by atoms with van der Waals surface area (Å²) >= 11 is 0. The Bertz CT molecular complexity index is 387. The SMILES string of the molecule is CCC(=O)C(N)c1cccc(C(F)(F)F)c1. The van der Waals surface area contributed by atoms with E-state index in [1.54, 1.807) is 6.92 Å². The van der Waals surface area contributed by atoms with Crippen LogP contribution in [0.1, 0.15) is 30.5 Å². The largest absolute Gasteiger partial charge is 0.416 e. The summed E-state index contributed by atoms with van der Waals surface area (Å²) in [4.78, 5) is 11.3. The van der Waals surface area contributed by atoms with E-state index in [1.165, 1.54) is 12.1 Å². The third kappa shape index (κ3) is 2.82. The molecule has 0 saturated carbocycles. The molecule has 0 radical (unpaired) electrons. The fraction of sp³-hybridized carbons (Fsp3) is 0.364. The minimum atomic E-state index is -4.41. The van der Waals surface area contributed by atoms with Crippen molar-refractivity contribution in [2.45, 2.75) is 25.6 Å².